The highest BCUT2D eigenvalue weighted by molar-refractivity contribution is 14.1. The number of hydrogen-bond donors (Lipinski definition) is 0. The third kappa shape index (κ3) is 3.61. The van der Waals surface area contributed by atoms with Crippen molar-refractivity contribution in [3.8, 4) is 5.75 Å². The molecule has 0 aliphatic carbocycles. The largest absolute Gasteiger partial charge is 0.488 e. The van der Waals surface area contributed by atoms with Gasteiger partial charge in [-0.15, -0.1) is 0 Å². The van der Waals surface area contributed by atoms with E-state index in [2.05, 4.69) is 58.8 Å². The van der Waals surface area contributed by atoms with Gasteiger partial charge in [-0.3, -0.25) is 4.79 Å². The molecule has 0 radical (unpaired) electrons. The minimum atomic E-state index is -0.0293. The van der Waals surface area contributed by atoms with Gasteiger partial charge in [-0.2, -0.15) is 0 Å². The maximum absolute atomic E-state index is 12.9. The molecule has 0 unspecified atom stereocenters. The van der Waals surface area contributed by atoms with E-state index in [9.17, 15) is 4.79 Å². The van der Waals surface area contributed by atoms with Gasteiger partial charge in [-0.25, -0.2) is 9.38 Å². The van der Waals surface area contributed by atoms with E-state index in [1.807, 2.05) is 48.5 Å². The molecule has 0 saturated carbocycles. The van der Waals surface area contributed by atoms with E-state index in [1.54, 1.807) is 4.40 Å². The van der Waals surface area contributed by atoms with Crippen LogP contribution < -0.4 is 14.8 Å². The molecule has 5 aromatic rings. The number of rotatable bonds is 4. The molecule has 0 aliphatic rings. The minimum absolute atomic E-state index is 0.0293. The number of ether oxygens (including phenoxy) is 1. The molecular formula is C24H17IN2O2S. The maximum atomic E-state index is 12.9. The van der Waals surface area contributed by atoms with E-state index >= 15 is 0 Å². The number of para-hydroxylation sites is 2. The Balaban J connectivity index is 1.44. The summed E-state index contributed by atoms with van der Waals surface area (Å²) in [6, 6.07) is 22.0. The Kier molecular flexibility index (Phi) is 5.04. The van der Waals surface area contributed by atoms with E-state index in [1.165, 1.54) is 16.9 Å². The molecule has 2 aromatic heterocycles. The van der Waals surface area contributed by atoms with Crippen LogP contribution in [-0.2, 0) is 6.61 Å². The molecule has 0 amide bonds. The summed E-state index contributed by atoms with van der Waals surface area (Å²) in [5, 5.41) is 0. The van der Waals surface area contributed by atoms with Crippen LogP contribution in [0.1, 0.15) is 16.7 Å². The van der Waals surface area contributed by atoms with Gasteiger partial charge in [0.15, 0.2) is 4.96 Å². The fourth-order valence-corrected chi connectivity index (χ4v) is 5.01. The molecule has 0 atom stereocenters. The van der Waals surface area contributed by atoms with Crippen LogP contribution in [0.4, 0.5) is 0 Å². The molecule has 6 heteroatoms. The van der Waals surface area contributed by atoms with Crippen molar-refractivity contribution in [2.24, 2.45) is 0 Å². The summed E-state index contributed by atoms with van der Waals surface area (Å²) in [6.07, 6.45) is 1.92. The van der Waals surface area contributed by atoms with Crippen LogP contribution in [0.5, 0.6) is 5.75 Å². The van der Waals surface area contributed by atoms with Crippen LogP contribution in [0, 0.1) is 10.5 Å². The highest BCUT2D eigenvalue weighted by Crippen LogP contribution is 2.24. The van der Waals surface area contributed by atoms with Crippen LogP contribution in [0.3, 0.4) is 0 Å². The van der Waals surface area contributed by atoms with Gasteiger partial charge in [0, 0.05) is 0 Å². The minimum Gasteiger partial charge on any atom is -0.488 e. The Bertz CT molecular complexity index is 1490. The first-order valence-electron chi connectivity index (χ1n) is 9.48. The number of aryl methyl sites for hydroxylation is 1. The highest BCUT2D eigenvalue weighted by atomic mass is 127. The lowest BCUT2D eigenvalue weighted by Gasteiger charge is -2.09. The molecule has 0 saturated heterocycles. The molecule has 4 nitrogen and oxygen atoms in total. The number of aromatic nitrogens is 2. The zero-order chi connectivity index (χ0) is 20.7. The van der Waals surface area contributed by atoms with Gasteiger partial charge in [0.1, 0.15) is 12.4 Å². The Morgan fingerprint density at radius 3 is 2.70 bits per heavy atom. The molecule has 30 heavy (non-hydrogen) atoms. The van der Waals surface area contributed by atoms with Crippen molar-refractivity contribution < 1.29 is 4.74 Å². The van der Waals surface area contributed by atoms with Crippen LogP contribution >= 0.6 is 33.9 Å². The number of hydrogen-bond acceptors (Lipinski definition) is 4. The standard InChI is InChI=1S/C24H17IN2O2S/c1-15-6-8-16(9-7-15)14-29-21-11-10-17(12-18(21)25)13-22-23(28)27-20-5-3-2-4-19(20)26-24(27)30-22/h2-13H,14H2,1H3/b22-13-. The lowest BCUT2D eigenvalue weighted by molar-refractivity contribution is 0.304. The van der Waals surface area contributed by atoms with Crippen molar-refractivity contribution in [2.45, 2.75) is 13.5 Å². The lowest BCUT2D eigenvalue weighted by atomic mass is 10.2. The highest BCUT2D eigenvalue weighted by Gasteiger charge is 2.11. The number of fused-ring (bicyclic) bond motifs is 3. The summed E-state index contributed by atoms with van der Waals surface area (Å²) in [4.78, 5) is 18.2. The molecule has 148 valence electrons. The average molecular weight is 524 g/mol. The molecule has 0 bridgehead atoms. The van der Waals surface area contributed by atoms with Gasteiger partial charge in [0.2, 0.25) is 0 Å². The van der Waals surface area contributed by atoms with Crippen molar-refractivity contribution in [1.29, 1.82) is 0 Å². The Morgan fingerprint density at radius 1 is 1.10 bits per heavy atom. The number of imidazole rings is 1. The SMILES string of the molecule is Cc1ccc(COc2ccc(/C=c3\sc4nc5ccccc5n4c3=O)cc2I)cc1. The second-order valence-corrected chi connectivity index (χ2v) is 9.27. The summed E-state index contributed by atoms with van der Waals surface area (Å²) in [5.41, 5.74) is 5.00. The topological polar surface area (TPSA) is 43.6 Å². The van der Waals surface area contributed by atoms with Crippen molar-refractivity contribution >= 4 is 56.0 Å². The van der Waals surface area contributed by atoms with Crippen molar-refractivity contribution in [3.63, 3.8) is 0 Å². The summed E-state index contributed by atoms with van der Waals surface area (Å²) >= 11 is 3.69. The third-order valence-corrected chi connectivity index (χ3v) is 6.73. The summed E-state index contributed by atoms with van der Waals surface area (Å²) in [7, 11) is 0. The predicted octanol–water partition coefficient (Wildman–Crippen LogP) is 4.95. The van der Waals surface area contributed by atoms with Crippen LogP contribution in [0.2, 0.25) is 0 Å². The molecule has 3 aromatic carbocycles. The summed E-state index contributed by atoms with van der Waals surface area (Å²) in [6.45, 7) is 2.60. The first kappa shape index (κ1) is 19.3. The maximum Gasteiger partial charge on any atom is 0.274 e. The number of nitrogens with zero attached hydrogens (tertiary/aromatic N) is 2. The van der Waals surface area contributed by atoms with E-state index in [0.717, 1.165) is 36.4 Å². The predicted molar refractivity (Wildman–Crippen MR) is 130 cm³/mol. The van der Waals surface area contributed by atoms with E-state index in [0.29, 0.717) is 11.1 Å². The van der Waals surface area contributed by atoms with Gasteiger partial charge < -0.3 is 4.74 Å². The number of benzene rings is 3. The van der Waals surface area contributed by atoms with Crippen molar-refractivity contribution in [3.05, 3.63) is 102 Å². The molecule has 2 heterocycles. The zero-order valence-corrected chi connectivity index (χ0v) is 19.1. The van der Waals surface area contributed by atoms with E-state index < -0.39 is 0 Å². The average Bonchev–Trinajstić information content (AvgIpc) is 3.25. The van der Waals surface area contributed by atoms with Gasteiger partial charge in [-0.1, -0.05) is 59.4 Å². The first-order chi connectivity index (χ1) is 14.6. The number of thiazole rings is 1. The van der Waals surface area contributed by atoms with Crippen LogP contribution in [-0.4, -0.2) is 9.38 Å². The second kappa shape index (κ2) is 7.85. The Labute approximate surface area is 190 Å². The second-order valence-electron chi connectivity index (χ2n) is 7.10. The van der Waals surface area contributed by atoms with Crippen LogP contribution in [0.25, 0.3) is 22.1 Å². The van der Waals surface area contributed by atoms with E-state index in [-0.39, 0.29) is 5.56 Å². The zero-order valence-electron chi connectivity index (χ0n) is 16.1. The first-order valence-corrected chi connectivity index (χ1v) is 11.4. The molecular weight excluding hydrogens is 507 g/mol. The van der Waals surface area contributed by atoms with Crippen LogP contribution in [0.15, 0.2) is 71.5 Å². The lowest BCUT2D eigenvalue weighted by Crippen LogP contribution is -2.22. The van der Waals surface area contributed by atoms with E-state index in [4.69, 9.17) is 4.74 Å². The number of halogens is 1. The molecule has 0 spiro atoms. The molecule has 0 N–H and O–H groups in total. The third-order valence-electron chi connectivity index (χ3n) is 4.91. The van der Waals surface area contributed by atoms with Crippen molar-refractivity contribution in [1.82, 2.24) is 9.38 Å². The quantitative estimate of drug-likeness (QED) is 0.313. The smallest absolute Gasteiger partial charge is 0.274 e. The Hall–Kier alpha value is -2.71. The van der Waals surface area contributed by atoms with Gasteiger partial charge in [0.05, 0.1) is 19.1 Å². The molecule has 0 fully saturated rings. The van der Waals surface area contributed by atoms with Gasteiger partial charge in [-0.05, 0) is 71.0 Å². The van der Waals surface area contributed by atoms with Gasteiger partial charge >= 0.3 is 0 Å². The molecule has 0 aliphatic heterocycles. The van der Waals surface area contributed by atoms with Gasteiger partial charge in [0.25, 0.3) is 5.56 Å². The Morgan fingerprint density at radius 2 is 1.90 bits per heavy atom. The monoisotopic (exact) mass is 524 g/mol. The summed E-state index contributed by atoms with van der Waals surface area (Å²) in [5.74, 6) is 0.836. The summed E-state index contributed by atoms with van der Waals surface area (Å²) < 4.78 is 9.35. The molecule has 5 rings (SSSR count). The van der Waals surface area contributed by atoms with Crippen molar-refractivity contribution in [2.75, 3.05) is 0 Å². The fraction of sp³-hybridized carbons (Fsp3) is 0.0833. The fourth-order valence-electron chi connectivity index (χ4n) is 3.33. The normalized spacial score (nSPS) is 12.1.